The van der Waals surface area contributed by atoms with Crippen molar-refractivity contribution in [2.45, 2.75) is 33.0 Å². The van der Waals surface area contributed by atoms with Crippen LogP contribution in [0.25, 0.3) is 0 Å². The number of rotatable bonds is 10. The van der Waals surface area contributed by atoms with Gasteiger partial charge in [0.15, 0.2) is 17.7 Å². The molecule has 11 nitrogen and oxygen atoms in total. The van der Waals surface area contributed by atoms with Gasteiger partial charge >= 0.3 is 12.0 Å². The minimum Gasteiger partial charge on any atom is -0.490 e. The lowest BCUT2D eigenvalue weighted by atomic mass is 9.95. The van der Waals surface area contributed by atoms with Crippen molar-refractivity contribution < 1.29 is 33.3 Å². The summed E-state index contributed by atoms with van der Waals surface area (Å²) in [5, 5.41) is 19.3. The number of carbonyl (C=O) groups excluding carboxylic acids is 2. The highest BCUT2D eigenvalue weighted by Gasteiger charge is 2.32. The molecule has 0 bridgehead atoms. The van der Waals surface area contributed by atoms with E-state index in [1.165, 1.54) is 13.3 Å². The smallest absolute Gasteiger partial charge is 0.337 e. The van der Waals surface area contributed by atoms with Crippen molar-refractivity contribution in [2.24, 2.45) is 5.10 Å². The molecule has 34 heavy (non-hydrogen) atoms. The van der Waals surface area contributed by atoms with Gasteiger partial charge in [-0.3, -0.25) is 5.43 Å². The molecule has 3 rings (SSSR count). The Morgan fingerprint density at radius 1 is 1.26 bits per heavy atom. The maximum Gasteiger partial charge on any atom is 0.337 e. The van der Waals surface area contributed by atoms with Crippen molar-refractivity contribution in [2.75, 3.05) is 20.3 Å². The summed E-state index contributed by atoms with van der Waals surface area (Å²) in [6.07, 6.45) is 0.347. The summed E-state index contributed by atoms with van der Waals surface area (Å²) in [7, 11) is 1.28. The standard InChI is InChI=1S/C23H28N4O7/c1-5-32-18-10-15(21-20(22(29)31-4)14(3)25-23(30)26-21)7-9-17(18)33-12-19(28)27-24-11-16-8-6-13(2)34-16/h6-11,19,21,27-28H,5,12H2,1-4H3,(H2,25,26,30)/b24-11-/t19-,21+/m0/s1. The van der Waals surface area contributed by atoms with Crippen LogP contribution >= 0.6 is 0 Å². The molecule has 2 amide bonds. The van der Waals surface area contributed by atoms with Gasteiger partial charge in [0.2, 0.25) is 0 Å². The molecule has 4 N–H and O–H groups in total. The number of benzene rings is 1. The number of methoxy groups -OCH3 is 1. The fraction of sp³-hybridized carbons (Fsp3) is 0.348. The van der Waals surface area contributed by atoms with Crippen molar-refractivity contribution in [1.82, 2.24) is 16.1 Å². The van der Waals surface area contributed by atoms with Crippen LogP contribution in [-0.4, -0.2) is 49.9 Å². The molecule has 0 unspecified atom stereocenters. The first-order valence-electron chi connectivity index (χ1n) is 10.6. The Hall–Kier alpha value is -3.99. The van der Waals surface area contributed by atoms with Gasteiger partial charge in [-0.05, 0) is 50.6 Å². The number of aliphatic hydroxyl groups excluding tert-OH is 1. The topological polar surface area (TPSA) is 144 Å². The van der Waals surface area contributed by atoms with E-state index in [2.05, 4.69) is 21.2 Å². The van der Waals surface area contributed by atoms with Crippen molar-refractivity contribution in [3.8, 4) is 11.5 Å². The molecule has 0 aliphatic carbocycles. The Bertz CT molecular complexity index is 1090. The monoisotopic (exact) mass is 472 g/mol. The average molecular weight is 472 g/mol. The third-order valence-electron chi connectivity index (χ3n) is 4.85. The van der Waals surface area contributed by atoms with E-state index < -0.39 is 24.3 Å². The molecule has 1 aliphatic heterocycles. The molecule has 11 heteroatoms. The van der Waals surface area contributed by atoms with E-state index in [0.717, 1.165) is 5.76 Å². The zero-order valence-electron chi connectivity index (χ0n) is 19.4. The van der Waals surface area contributed by atoms with Gasteiger partial charge in [0, 0.05) is 5.70 Å². The molecule has 2 aromatic rings. The molecule has 0 spiro atoms. The number of nitrogens with one attached hydrogen (secondary N) is 3. The van der Waals surface area contributed by atoms with E-state index in [1.807, 2.05) is 13.8 Å². The second-order valence-corrected chi connectivity index (χ2v) is 7.36. The summed E-state index contributed by atoms with van der Waals surface area (Å²) in [4.78, 5) is 24.4. The summed E-state index contributed by atoms with van der Waals surface area (Å²) in [5.74, 6) is 1.50. The normalized spacial score (nSPS) is 16.6. The van der Waals surface area contributed by atoms with Gasteiger partial charge in [-0.2, -0.15) is 5.10 Å². The van der Waals surface area contributed by atoms with Gasteiger partial charge in [-0.1, -0.05) is 6.07 Å². The molecule has 0 saturated heterocycles. The Balaban J connectivity index is 1.72. The highest BCUT2D eigenvalue weighted by molar-refractivity contribution is 5.95. The Labute approximate surface area is 196 Å². The first-order chi connectivity index (χ1) is 16.3. The predicted octanol–water partition coefficient (Wildman–Crippen LogP) is 2.11. The quantitative estimate of drug-likeness (QED) is 0.178. The van der Waals surface area contributed by atoms with Crippen LogP contribution in [0.15, 0.2) is 51.1 Å². The first-order valence-corrected chi connectivity index (χ1v) is 10.6. The first kappa shape index (κ1) is 24.6. The number of aliphatic hydroxyl groups is 1. The molecule has 0 fully saturated rings. The number of furan rings is 1. The van der Waals surface area contributed by atoms with Crippen LogP contribution in [0.2, 0.25) is 0 Å². The summed E-state index contributed by atoms with van der Waals surface area (Å²) < 4.78 is 21.6. The minimum atomic E-state index is -1.10. The van der Waals surface area contributed by atoms with E-state index in [0.29, 0.717) is 35.1 Å². The fourth-order valence-corrected chi connectivity index (χ4v) is 3.33. The fourth-order valence-electron chi connectivity index (χ4n) is 3.33. The number of nitrogens with zero attached hydrogens (tertiary/aromatic N) is 1. The van der Waals surface area contributed by atoms with Gasteiger partial charge in [-0.25, -0.2) is 9.59 Å². The number of amides is 2. The van der Waals surface area contributed by atoms with Gasteiger partial charge in [0.05, 0.1) is 31.5 Å². The Kier molecular flexibility index (Phi) is 8.14. The van der Waals surface area contributed by atoms with Crippen molar-refractivity contribution in [3.05, 3.63) is 58.7 Å². The van der Waals surface area contributed by atoms with Crippen LogP contribution < -0.4 is 25.5 Å². The summed E-state index contributed by atoms with van der Waals surface area (Å²) in [6, 6.07) is 7.39. The van der Waals surface area contributed by atoms with Gasteiger partial charge < -0.3 is 34.4 Å². The van der Waals surface area contributed by atoms with Crippen molar-refractivity contribution in [3.63, 3.8) is 0 Å². The predicted molar refractivity (Wildman–Crippen MR) is 122 cm³/mol. The second-order valence-electron chi connectivity index (χ2n) is 7.36. The third-order valence-corrected chi connectivity index (χ3v) is 4.85. The van der Waals surface area contributed by atoms with Gasteiger partial charge in [0.1, 0.15) is 18.1 Å². The summed E-state index contributed by atoms with van der Waals surface area (Å²) in [6.45, 7) is 5.49. The van der Waals surface area contributed by atoms with Gasteiger partial charge in [-0.15, -0.1) is 0 Å². The molecule has 182 valence electrons. The van der Waals surface area contributed by atoms with Crippen LogP contribution in [-0.2, 0) is 9.53 Å². The minimum absolute atomic E-state index is 0.121. The zero-order chi connectivity index (χ0) is 24.7. The molecular weight excluding hydrogens is 444 g/mol. The SMILES string of the molecule is CCOc1cc([C@H]2NC(=O)NC(C)=C2C(=O)OC)ccc1OC[C@H](O)N/N=C\c1ccc(C)o1. The van der Waals surface area contributed by atoms with Crippen LogP contribution in [0.4, 0.5) is 4.79 Å². The lowest BCUT2D eigenvalue weighted by Gasteiger charge is -2.28. The largest absolute Gasteiger partial charge is 0.490 e. The lowest BCUT2D eigenvalue weighted by molar-refractivity contribution is -0.136. The maximum atomic E-state index is 12.3. The van der Waals surface area contributed by atoms with E-state index in [1.54, 1.807) is 37.3 Å². The maximum absolute atomic E-state index is 12.3. The Morgan fingerprint density at radius 3 is 2.74 bits per heavy atom. The van der Waals surface area contributed by atoms with Crippen molar-refractivity contribution in [1.29, 1.82) is 0 Å². The number of urea groups is 1. The number of esters is 1. The second kappa shape index (κ2) is 11.2. The molecular formula is C23H28N4O7. The number of hydrazone groups is 1. The van der Waals surface area contributed by atoms with Gasteiger partial charge in [0.25, 0.3) is 0 Å². The van der Waals surface area contributed by atoms with Crippen LogP contribution in [0.1, 0.15) is 37.0 Å². The highest BCUT2D eigenvalue weighted by atomic mass is 16.5. The van der Waals surface area contributed by atoms with E-state index in [4.69, 9.17) is 18.6 Å². The van der Waals surface area contributed by atoms with Crippen LogP contribution in [0, 0.1) is 6.92 Å². The number of aryl methyl sites for hydroxylation is 1. The average Bonchev–Trinajstić information content (AvgIpc) is 3.22. The highest BCUT2D eigenvalue weighted by Crippen LogP contribution is 2.34. The molecule has 1 aromatic heterocycles. The van der Waals surface area contributed by atoms with Crippen LogP contribution in [0.5, 0.6) is 11.5 Å². The number of ether oxygens (including phenoxy) is 3. The third kappa shape index (κ3) is 6.07. The molecule has 1 aliphatic rings. The number of allylic oxidation sites excluding steroid dienone is 1. The molecule has 2 heterocycles. The number of hydrogen-bond acceptors (Lipinski definition) is 9. The molecule has 2 atom stereocenters. The zero-order valence-corrected chi connectivity index (χ0v) is 19.4. The molecule has 1 aromatic carbocycles. The lowest BCUT2D eigenvalue weighted by Crippen LogP contribution is -2.45. The molecule has 0 radical (unpaired) electrons. The van der Waals surface area contributed by atoms with E-state index in [-0.39, 0.29) is 12.2 Å². The summed E-state index contributed by atoms with van der Waals surface area (Å²) >= 11 is 0. The van der Waals surface area contributed by atoms with E-state index >= 15 is 0 Å². The Morgan fingerprint density at radius 2 is 2.06 bits per heavy atom. The molecule has 0 saturated carbocycles. The number of carbonyl (C=O) groups is 2. The summed E-state index contributed by atoms with van der Waals surface area (Å²) in [5.41, 5.74) is 3.83. The number of hydrogen-bond donors (Lipinski definition) is 4. The van der Waals surface area contributed by atoms with Crippen LogP contribution in [0.3, 0.4) is 0 Å². The van der Waals surface area contributed by atoms with E-state index in [9.17, 15) is 14.7 Å². The van der Waals surface area contributed by atoms with Crippen molar-refractivity contribution >= 4 is 18.2 Å².